The van der Waals surface area contributed by atoms with E-state index in [9.17, 15) is 9.59 Å². The number of nitrogens with one attached hydrogen (secondary N) is 1. The summed E-state index contributed by atoms with van der Waals surface area (Å²) in [5, 5.41) is 2.69. The summed E-state index contributed by atoms with van der Waals surface area (Å²) in [6.45, 7) is 5.52. The summed E-state index contributed by atoms with van der Waals surface area (Å²) >= 11 is 0. The van der Waals surface area contributed by atoms with E-state index in [1.165, 1.54) is 7.11 Å². The fourth-order valence-corrected chi connectivity index (χ4v) is 1.89. The largest absolute Gasteiger partial charge is 0.464 e. The van der Waals surface area contributed by atoms with Crippen LogP contribution in [0.25, 0.3) is 0 Å². The number of ether oxygens (including phenoxy) is 2. The van der Waals surface area contributed by atoms with Gasteiger partial charge in [-0.25, -0.2) is 9.59 Å². The molecule has 1 unspecified atom stereocenters. The molecule has 7 heteroatoms. The SMILES string of the molecule is COC(=O)c1ccc(C(CN)NC(=O)OC(C)(C)C)n1C. The lowest BCUT2D eigenvalue weighted by Crippen LogP contribution is -2.38. The fourth-order valence-electron chi connectivity index (χ4n) is 1.89. The van der Waals surface area contributed by atoms with Crippen molar-refractivity contribution >= 4 is 12.1 Å². The zero-order valence-electron chi connectivity index (χ0n) is 13.1. The minimum Gasteiger partial charge on any atom is -0.464 e. The average molecular weight is 297 g/mol. The molecule has 1 atom stereocenters. The molecular formula is C14H23N3O4. The molecule has 0 aliphatic heterocycles. The Morgan fingerprint density at radius 3 is 2.48 bits per heavy atom. The van der Waals surface area contributed by atoms with Crippen LogP contribution >= 0.6 is 0 Å². The molecule has 0 fully saturated rings. The van der Waals surface area contributed by atoms with Crippen LogP contribution in [0.5, 0.6) is 0 Å². The molecule has 0 radical (unpaired) electrons. The van der Waals surface area contributed by atoms with Gasteiger partial charge in [0.2, 0.25) is 0 Å². The van der Waals surface area contributed by atoms with Crippen molar-refractivity contribution in [1.82, 2.24) is 9.88 Å². The number of alkyl carbamates (subject to hydrolysis) is 1. The van der Waals surface area contributed by atoms with Crippen LogP contribution in [-0.4, -0.2) is 35.9 Å². The van der Waals surface area contributed by atoms with Crippen LogP contribution in [-0.2, 0) is 16.5 Å². The second kappa shape index (κ2) is 6.62. The number of carbonyl (C=O) groups is 2. The number of hydrogen-bond donors (Lipinski definition) is 2. The number of nitrogens with two attached hydrogens (primary N) is 1. The predicted molar refractivity (Wildman–Crippen MR) is 77.9 cm³/mol. The second-order valence-electron chi connectivity index (χ2n) is 5.63. The van der Waals surface area contributed by atoms with Gasteiger partial charge < -0.3 is 25.1 Å². The monoisotopic (exact) mass is 297 g/mol. The third-order valence-corrected chi connectivity index (χ3v) is 2.84. The minimum absolute atomic E-state index is 0.178. The van der Waals surface area contributed by atoms with E-state index in [1.54, 1.807) is 44.5 Å². The fraction of sp³-hybridized carbons (Fsp3) is 0.571. The van der Waals surface area contributed by atoms with E-state index < -0.39 is 23.7 Å². The molecule has 1 amide bonds. The Morgan fingerprint density at radius 1 is 1.38 bits per heavy atom. The first-order valence-corrected chi connectivity index (χ1v) is 6.63. The lowest BCUT2D eigenvalue weighted by Gasteiger charge is -2.23. The number of methoxy groups -OCH3 is 1. The van der Waals surface area contributed by atoms with Crippen molar-refractivity contribution in [2.45, 2.75) is 32.4 Å². The van der Waals surface area contributed by atoms with Gasteiger partial charge in [-0.2, -0.15) is 0 Å². The standard InChI is InChI=1S/C14H23N3O4/c1-14(2,3)21-13(19)16-9(8-15)10-6-7-11(17(10)4)12(18)20-5/h6-7,9H,8,15H2,1-5H3,(H,16,19). The van der Waals surface area contributed by atoms with Gasteiger partial charge in [0.25, 0.3) is 0 Å². The zero-order chi connectivity index (χ0) is 16.2. The van der Waals surface area contributed by atoms with Gasteiger partial charge in [-0.1, -0.05) is 0 Å². The molecule has 0 saturated carbocycles. The van der Waals surface area contributed by atoms with Crippen LogP contribution in [0.2, 0.25) is 0 Å². The van der Waals surface area contributed by atoms with Crippen LogP contribution in [0.3, 0.4) is 0 Å². The molecule has 1 aromatic heterocycles. The third kappa shape index (κ3) is 4.49. The van der Waals surface area contributed by atoms with E-state index in [0.717, 1.165) is 0 Å². The van der Waals surface area contributed by atoms with Crippen molar-refractivity contribution in [3.63, 3.8) is 0 Å². The maximum Gasteiger partial charge on any atom is 0.408 e. The van der Waals surface area contributed by atoms with E-state index in [4.69, 9.17) is 10.5 Å². The lowest BCUT2D eigenvalue weighted by molar-refractivity contribution is 0.0503. The molecule has 118 valence electrons. The van der Waals surface area contributed by atoms with Crippen LogP contribution in [0.4, 0.5) is 4.79 Å². The Balaban J connectivity index is 2.89. The van der Waals surface area contributed by atoms with Crippen molar-refractivity contribution in [2.75, 3.05) is 13.7 Å². The molecular weight excluding hydrogens is 274 g/mol. The average Bonchev–Trinajstić information content (AvgIpc) is 2.75. The highest BCUT2D eigenvalue weighted by Gasteiger charge is 2.23. The van der Waals surface area contributed by atoms with Gasteiger partial charge in [0.05, 0.1) is 13.2 Å². The summed E-state index contributed by atoms with van der Waals surface area (Å²) in [7, 11) is 3.02. The Kier molecular flexibility index (Phi) is 5.37. The van der Waals surface area contributed by atoms with Crippen LogP contribution < -0.4 is 11.1 Å². The maximum atomic E-state index is 11.8. The van der Waals surface area contributed by atoms with Crippen molar-refractivity contribution in [2.24, 2.45) is 12.8 Å². The molecule has 7 nitrogen and oxygen atoms in total. The molecule has 21 heavy (non-hydrogen) atoms. The lowest BCUT2D eigenvalue weighted by atomic mass is 10.2. The smallest absolute Gasteiger partial charge is 0.408 e. The summed E-state index contributed by atoms with van der Waals surface area (Å²) in [6.07, 6.45) is -0.557. The first-order chi connectivity index (χ1) is 9.69. The summed E-state index contributed by atoms with van der Waals surface area (Å²) in [5.41, 5.74) is 6.20. The van der Waals surface area contributed by atoms with E-state index in [2.05, 4.69) is 10.1 Å². The molecule has 0 aromatic carbocycles. The summed E-state index contributed by atoms with van der Waals surface area (Å²) in [4.78, 5) is 23.4. The Hall–Kier alpha value is -2.02. The second-order valence-corrected chi connectivity index (χ2v) is 5.63. The Bertz CT molecular complexity index is 517. The van der Waals surface area contributed by atoms with Gasteiger partial charge in [-0.05, 0) is 32.9 Å². The number of esters is 1. The van der Waals surface area contributed by atoms with Crippen molar-refractivity contribution in [3.8, 4) is 0 Å². The van der Waals surface area contributed by atoms with Crippen molar-refractivity contribution in [1.29, 1.82) is 0 Å². The van der Waals surface area contributed by atoms with Gasteiger partial charge >= 0.3 is 12.1 Å². The number of carbonyl (C=O) groups excluding carboxylic acids is 2. The molecule has 0 spiro atoms. The quantitative estimate of drug-likeness (QED) is 0.818. The van der Waals surface area contributed by atoms with E-state index in [0.29, 0.717) is 11.4 Å². The van der Waals surface area contributed by atoms with Crippen molar-refractivity contribution in [3.05, 3.63) is 23.5 Å². The minimum atomic E-state index is -0.589. The topological polar surface area (TPSA) is 95.6 Å². The predicted octanol–water partition coefficient (Wildman–Crippen LogP) is 1.34. The Labute approximate surface area is 124 Å². The molecule has 0 aliphatic carbocycles. The Morgan fingerprint density at radius 2 is 2.00 bits per heavy atom. The first-order valence-electron chi connectivity index (χ1n) is 6.63. The van der Waals surface area contributed by atoms with Crippen LogP contribution in [0.1, 0.15) is 43.0 Å². The summed E-state index contributed by atoms with van der Waals surface area (Å²) < 4.78 is 11.5. The van der Waals surface area contributed by atoms with Gasteiger partial charge in [0, 0.05) is 19.3 Å². The number of amides is 1. The number of rotatable bonds is 4. The molecule has 1 heterocycles. The molecule has 3 N–H and O–H groups in total. The highest BCUT2D eigenvalue weighted by molar-refractivity contribution is 5.87. The molecule has 0 aliphatic rings. The molecule has 0 bridgehead atoms. The normalized spacial score (nSPS) is 12.7. The first kappa shape index (κ1) is 17.0. The van der Waals surface area contributed by atoms with Crippen molar-refractivity contribution < 1.29 is 19.1 Å². The molecule has 1 rings (SSSR count). The van der Waals surface area contributed by atoms with Gasteiger partial charge in [0.1, 0.15) is 11.3 Å². The third-order valence-electron chi connectivity index (χ3n) is 2.84. The number of hydrogen-bond acceptors (Lipinski definition) is 5. The summed E-state index contributed by atoms with van der Waals surface area (Å²) in [6, 6.07) is 2.89. The van der Waals surface area contributed by atoms with E-state index >= 15 is 0 Å². The van der Waals surface area contributed by atoms with Gasteiger partial charge in [0.15, 0.2) is 0 Å². The number of aromatic nitrogens is 1. The van der Waals surface area contributed by atoms with Gasteiger partial charge in [-0.3, -0.25) is 0 Å². The van der Waals surface area contributed by atoms with Gasteiger partial charge in [-0.15, -0.1) is 0 Å². The highest BCUT2D eigenvalue weighted by atomic mass is 16.6. The highest BCUT2D eigenvalue weighted by Crippen LogP contribution is 2.17. The van der Waals surface area contributed by atoms with Crippen LogP contribution in [0, 0.1) is 0 Å². The summed E-state index contributed by atoms with van der Waals surface area (Å²) in [5.74, 6) is -0.447. The van der Waals surface area contributed by atoms with Crippen LogP contribution in [0.15, 0.2) is 12.1 Å². The maximum absolute atomic E-state index is 11.8. The molecule has 0 saturated heterocycles. The van der Waals surface area contributed by atoms with E-state index in [1.807, 2.05) is 0 Å². The number of nitrogens with zero attached hydrogens (tertiary/aromatic N) is 1. The zero-order valence-corrected chi connectivity index (χ0v) is 13.1. The van der Waals surface area contributed by atoms with E-state index in [-0.39, 0.29) is 6.54 Å². The molecule has 1 aromatic rings.